The van der Waals surface area contributed by atoms with Crippen molar-refractivity contribution in [3.8, 4) is 0 Å². The van der Waals surface area contributed by atoms with Crippen molar-refractivity contribution < 1.29 is 4.92 Å². The molecule has 5 nitrogen and oxygen atoms in total. The lowest BCUT2D eigenvalue weighted by molar-refractivity contribution is -0.384. The minimum atomic E-state index is -0.392. The van der Waals surface area contributed by atoms with E-state index in [2.05, 4.69) is 16.6 Å². The summed E-state index contributed by atoms with van der Waals surface area (Å²) in [5.74, 6) is 1.99. The van der Waals surface area contributed by atoms with E-state index in [-0.39, 0.29) is 5.69 Å². The van der Waals surface area contributed by atoms with Crippen LogP contribution in [0.5, 0.6) is 0 Å². The monoisotopic (exact) mass is 291 g/mol. The molecule has 2 aromatic rings. The van der Waals surface area contributed by atoms with Gasteiger partial charge in [0, 0.05) is 24.1 Å². The lowest BCUT2D eigenvalue weighted by Gasteiger charge is -2.06. The normalized spacial score (nSPS) is 10.7. The highest BCUT2D eigenvalue weighted by molar-refractivity contribution is 7.98. The molecular weight excluding hydrogens is 274 g/mol. The molecule has 0 radical (unpaired) electrons. The van der Waals surface area contributed by atoms with Crippen molar-refractivity contribution in [3.63, 3.8) is 0 Å². The van der Waals surface area contributed by atoms with Gasteiger partial charge >= 0.3 is 0 Å². The van der Waals surface area contributed by atoms with Crippen molar-refractivity contribution in [2.24, 2.45) is 0 Å². The summed E-state index contributed by atoms with van der Waals surface area (Å²) < 4.78 is 0. The minimum absolute atomic E-state index is 0.0945. The third-order valence-corrected chi connectivity index (χ3v) is 3.66. The first-order chi connectivity index (χ1) is 9.70. The molecule has 1 N–H and O–H groups in total. The summed E-state index contributed by atoms with van der Waals surface area (Å²) in [7, 11) is 0. The lowest BCUT2D eigenvalue weighted by atomic mass is 10.2. The Morgan fingerprint density at radius 3 is 2.90 bits per heavy atom. The molecular formula is C14H17N3O2S. The Morgan fingerprint density at radius 2 is 2.15 bits per heavy atom. The van der Waals surface area contributed by atoms with Gasteiger partial charge in [0.25, 0.3) is 5.69 Å². The second kappa shape index (κ2) is 7.09. The number of fused-ring (bicyclic) bond motifs is 1. The van der Waals surface area contributed by atoms with Gasteiger partial charge in [-0.3, -0.25) is 10.1 Å². The van der Waals surface area contributed by atoms with Gasteiger partial charge in [-0.2, -0.15) is 11.8 Å². The fourth-order valence-corrected chi connectivity index (χ4v) is 2.41. The van der Waals surface area contributed by atoms with E-state index >= 15 is 0 Å². The molecule has 0 amide bonds. The quantitative estimate of drug-likeness (QED) is 0.478. The molecule has 0 atom stereocenters. The number of benzene rings is 1. The van der Waals surface area contributed by atoms with Gasteiger partial charge in [-0.05, 0) is 43.0 Å². The number of rotatable bonds is 7. The molecule has 0 aliphatic carbocycles. The fraction of sp³-hybridized carbons (Fsp3) is 0.357. The second-order valence-electron chi connectivity index (χ2n) is 4.46. The maximum absolute atomic E-state index is 10.7. The standard InChI is InChI=1S/C14H17N3O2S/c1-20-9-3-2-8-15-14-7-4-11-10-12(17(18)19)5-6-13(11)16-14/h4-7,10H,2-3,8-9H2,1H3,(H,15,16). The molecule has 20 heavy (non-hydrogen) atoms. The Morgan fingerprint density at radius 1 is 1.30 bits per heavy atom. The van der Waals surface area contributed by atoms with Crippen molar-refractivity contribution in [1.29, 1.82) is 0 Å². The predicted molar refractivity (Wildman–Crippen MR) is 84.5 cm³/mol. The number of pyridine rings is 1. The van der Waals surface area contributed by atoms with Crippen LogP contribution in [0.15, 0.2) is 30.3 Å². The van der Waals surface area contributed by atoms with Crippen molar-refractivity contribution >= 4 is 34.2 Å². The molecule has 6 heteroatoms. The van der Waals surface area contributed by atoms with Crippen LogP contribution in [0.4, 0.5) is 11.5 Å². The molecule has 2 rings (SSSR count). The van der Waals surface area contributed by atoms with Crippen molar-refractivity contribution in [3.05, 3.63) is 40.4 Å². The van der Waals surface area contributed by atoms with Crippen LogP contribution >= 0.6 is 11.8 Å². The number of unbranched alkanes of at least 4 members (excludes halogenated alkanes) is 1. The van der Waals surface area contributed by atoms with Gasteiger partial charge in [-0.1, -0.05) is 0 Å². The van der Waals surface area contributed by atoms with Gasteiger partial charge in [0.05, 0.1) is 10.4 Å². The summed E-state index contributed by atoms with van der Waals surface area (Å²) in [5.41, 5.74) is 0.863. The average Bonchev–Trinajstić information content (AvgIpc) is 2.46. The first kappa shape index (κ1) is 14.6. The molecule has 0 spiro atoms. The third-order valence-electron chi connectivity index (χ3n) is 2.96. The Bertz CT molecular complexity index is 604. The van der Waals surface area contributed by atoms with Crippen LogP contribution in [-0.2, 0) is 0 Å². The number of hydrogen-bond donors (Lipinski definition) is 1. The van der Waals surface area contributed by atoms with Crippen LogP contribution in [-0.4, -0.2) is 28.5 Å². The minimum Gasteiger partial charge on any atom is -0.370 e. The smallest absolute Gasteiger partial charge is 0.270 e. The summed E-state index contributed by atoms with van der Waals surface area (Å²) in [4.78, 5) is 14.8. The van der Waals surface area contributed by atoms with E-state index in [1.54, 1.807) is 12.1 Å². The number of anilines is 1. The van der Waals surface area contributed by atoms with Crippen molar-refractivity contribution in [2.75, 3.05) is 23.9 Å². The van der Waals surface area contributed by atoms with E-state index in [1.165, 1.54) is 18.2 Å². The number of nitro groups is 1. The second-order valence-corrected chi connectivity index (χ2v) is 5.44. The summed E-state index contributed by atoms with van der Waals surface area (Å²) >= 11 is 1.85. The summed E-state index contributed by atoms with van der Waals surface area (Å²) in [6, 6.07) is 8.44. The first-order valence-corrected chi connectivity index (χ1v) is 7.88. The molecule has 0 unspecified atom stereocenters. The number of nitro benzene ring substituents is 1. The topological polar surface area (TPSA) is 68.1 Å². The van der Waals surface area contributed by atoms with Crippen LogP contribution in [0.1, 0.15) is 12.8 Å². The summed E-state index contributed by atoms with van der Waals surface area (Å²) in [5, 5.41) is 14.8. The maximum atomic E-state index is 10.7. The maximum Gasteiger partial charge on any atom is 0.270 e. The highest BCUT2D eigenvalue weighted by Gasteiger charge is 2.06. The summed E-state index contributed by atoms with van der Waals surface area (Å²) in [6.45, 7) is 0.895. The van der Waals surface area contributed by atoms with Crippen molar-refractivity contribution in [2.45, 2.75) is 12.8 Å². The molecule has 0 bridgehead atoms. The third kappa shape index (κ3) is 3.84. The fourth-order valence-electron chi connectivity index (χ4n) is 1.91. The van der Waals surface area contributed by atoms with E-state index in [4.69, 9.17) is 0 Å². The number of nitrogens with zero attached hydrogens (tertiary/aromatic N) is 2. The van der Waals surface area contributed by atoms with Gasteiger partial charge in [0.2, 0.25) is 0 Å². The van der Waals surface area contributed by atoms with Crippen LogP contribution in [0, 0.1) is 10.1 Å². The van der Waals surface area contributed by atoms with Crippen LogP contribution in [0.3, 0.4) is 0 Å². The zero-order valence-corrected chi connectivity index (χ0v) is 12.2. The molecule has 0 aliphatic heterocycles. The SMILES string of the molecule is CSCCCCNc1ccc2cc([N+](=O)[O-])ccc2n1. The molecule has 0 saturated carbocycles. The number of nitrogens with one attached hydrogen (secondary N) is 1. The zero-order chi connectivity index (χ0) is 14.4. The number of thioether (sulfide) groups is 1. The van der Waals surface area contributed by atoms with Gasteiger partial charge in [-0.15, -0.1) is 0 Å². The Kier molecular flexibility index (Phi) is 5.17. The lowest BCUT2D eigenvalue weighted by Crippen LogP contribution is -2.03. The Balaban J connectivity index is 2.02. The van der Waals surface area contributed by atoms with E-state index in [0.717, 1.165) is 29.7 Å². The van der Waals surface area contributed by atoms with Crippen LogP contribution in [0.25, 0.3) is 10.9 Å². The van der Waals surface area contributed by atoms with Gasteiger partial charge in [0.1, 0.15) is 5.82 Å². The highest BCUT2D eigenvalue weighted by Crippen LogP contribution is 2.21. The average molecular weight is 291 g/mol. The number of hydrogen-bond acceptors (Lipinski definition) is 5. The van der Waals surface area contributed by atoms with E-state index in [1.807, 2.05) is 23.9 Å². The molecule has 1 heterocycles. The van der Waals surface area contributed by atoms with Gasteiger partial charge < -0.3 is 5.32 Å². The van der Waals surface area contributed by atoms with Crippen LogP contribution in [0.2, 0.25) is 0 Å². The van der Waals surface area contributed by atoms with E-state index < -0.39 is 4.92 Å². The van der Waals surface area contributed by atoms with E-state index in [9.17, 15) is 10.1 Å². The highest BCUT2D eigenvalue weighted by atomic mass is 32.2. The number of non-ortho nitro benzene ring substituents is 1. The Hall–Kier alpha value is -1.82. The van der Waals surface area contributed by atoms with Gasteiger partial charge in [-0.25, -0.2) is 4.98 Å². The predicted octanol–water partition coefficient (Wildman–Crippen LogP) is 3.70. The molecule has 106 valence electrons. The van der Waals surface area contributed by atoms with Crippen LogP contribution < -0.4 is 5.32 Å². The molecule has 1 aromatic carbocycles. The Labute approximate surface area is 121 Å². The largest absolute Gasteiger partial charge is 0.370 e. The summed E-state index contributed by atoms with van der Waals surface area (Å²) in [6.07, 6.45) is 4.41. The first-order valence-electron chi connectivity index (χ1n) is 6.49. The van der Waals surface area contributed by atoms with Gasteiger partial charge in [0.15, 0.2) is 0 Å². The number of aromatic nitrogens is 1. The zero-order valence-electron chi connectivity index (χ0n) is 11.3. The molecule has 0 aliphatic rings. The molecule has 0 saturated heterocycles. The molecule has 0 fully saturated rings. The van der Waals surface area contributed by atoms with E-state index in [0.29, 0.717) is 0 Å². The molecule has 1 aromatic heterocycles. The van der Waals surface area contributed by atoms with Crippen molar-refractivity contribution in [1.82, 2.24) is 4.98 Å².